The lowest BCUT2D eigenvalue weighted by Crippen LogP contribution is -2.50. The Bertz CT molecular complexity index is 1050. The van der Waals surface area contributed by atoms with Crippen molar-refractivity contribution >= 4 is 22.0 Å². The molecule has 1 aliphatic rings. The van der Waals surface area contributed by atoms with Gasteiger partial charge in [0.1, 0.15) is 11.5 Å². The number of hydrogen-bond acceptors (Lipinski definition) is 5. The van der Waals surface area contributed by atoms with Gasteiger partial charge in [-0.25, -0.2) is 8.42 Å². The molecule has 0 spiro atoms. The molecule has 8 heteroatoms. The van der Waals surface area contributed by atoms with Crippen LogP contribution in [0.1, 0.15) is 30.9 Å². The lowest BCUT2D eigenvalue weighted by molar-refractivity contribution is -0.127. The zero-order chi connectivity index (χ0) is 23.3. The summed E-state index contributed by atoms with van der Waals surface area (Å²) >= 11 is 0. The van der Waals surface area contributed by atoms with Gasteiger partial charge in [-0.2, -0.15) is 4.31 Å². The van der Waals surface area contributed by atoms with Crippen LogP contribution in [0.2, 0.25) is 0 Å². The predicted molar refractivity (Wildman–Crippen MR) is 124 cm³/mol. The SMILES string of the molecule is COc1cc(C=CC(=O)N2CCN(S(=O)(=O)c3ccc(C(C)C)cc3)CC2)cc(OC)c1. The van der Waals surface area contributed by atoms with Gasteiger partial charge in [-0.05, 0) is 47.4 Å². The minimum absolute atomic E-state index is 0.162. The quantitative estimate of drug-likeness (QED) is 0.595. The van der Waals surface area contributed by atoms with E-state index >= 15 is 0 Å². The summed E-state index contributed by atoms with van der Waals surface area (Å²) in [5.74, 6) is 1.45. The highest BCUT2D eigenvalue weighted by atomic mass is 32.2. The van der Waals surface area contributed by atoms with Crippen LogP contribution in [-0.2, 0) is 14.8 Å². The monoisotopic (exact) mass is 458 g/mol. The smallest absolute Gasteiger partial charge is 0.246 e. The molecule has 0 aromatic heterocycles. The van der Waals surface area contributed by atoms with Crippen molar-refractivity contribution in [2.75, 3.05) is 40.4 Å². The summed E-state index contributed by atoms with van der Waals surface area (Å²) in [6, 6.07) is 12.4. The van der Waals surface area contributed by atoms with Gasteiger partial charge in [-0.15, -0.1) is 0 Å². The van der Waals surface area contributed by atoms with Crippen LogP contribution in [-0.4, -0.2) is 63.9 Å². The van der Waals surface area contributed by atoms with Gasteiger partial charge in [-0.1, -0.05) is 26.0 Å². The summed E-state index contributed by atoms with van der Waals surface area (Å²) in [5, 5.41) is 0. The van der Waals surface area contributed by atoms with Gasteiger partial charge in [0.2, 0.25) is 15.9 Å². The third-order valence-electron chi connectivity index (χ3n) is 5.53. The second kappa shape index (κ2) is 10.2. The molecule has 1 amide bonds. The first-order valence-corrected chi connectivity index (χ1v) is 12.0. The molecule has 0 radical (unpaired) electrons. The Kier molecular flexibility index (Phi) is 7.58. The molecule has 1 fully saturated rings. The van der Waals surface area contributed by atoms with E-state index in [4.69, 9.17) is 9.47 Å². The maximum absolute atomic E-state index is 13.0. The molecular weight excluding hydrogens is 428 g/mol. The van der Waals surface area contributed by atoms with E-state index in [0.29, 0.717) is 30.5 Å². The number of benzene rings is 2. The zero-order valence-corrected chi connectivity index (χ0v) is 19.8. The normalized spacial score (nSPS) is 15.3. The van der Waals surface area contributed by atoms with E-state index in [9.17, 15) is 13.2 Å². The molecule has 0 N–H and O–H groups in total. The first-order chi connectivity index (χ1) is 15.2. The number of carbonyl (C=O) groups excluding carboxylic acids is 1. The number of sulfonamides is 1. The highest BCUT2D eigenvalue weighted by Gasteiger charge is 2.29. The summed E-state index contributed by atoms with van der Waals surface area (Å²) in [6.45, 7) is 5.35. The second-order valence-electron chi connectivity index (χ2n) is 7.93. The number of hydrogen-bond donors (Lipinski definition) is 0. The van der Waals surface area contributed by atoms with Gasteiger partial charge >= 0.3 is 0 Å². The molecule has 172 valence electrons. The van der Waals surface area contributed by atoms with E-state index in [0.717, 1.165) is 11.1 Å². The minimum atomic E-state index is -3.57. The van der Waals surface area contributed by atoms with Crippen molar-refractivity contribution in [3.63, 3.8) is 0 Å². The topological polar surface area (TPSA) is 76.2 Å². The van der Waals surface area contributed by atoms with Crippen molar-refractivity contribution in [3.8, 4) is 11.5 Å². The molecule has 32 heavy (non-hydrogen) atoms. The summed E-state index contributed by atoms with van der Waals surface area (Å²) in [7, 11) is -0.437. The molecule has 2 aromatic rings. The van der Waals surface area contributed by atoms with Crippen molar-refractivity contribution in [3.05, 3.63) is 59.7 Å². The average molecular weight is 459 g/mol. The van der Waals surface area contributed by atoms with Gasteiger partial charge < -0.3 is 14.4 Å². The van der Waals surface area contributed by atoms with Crippen LogP contribution in [0.4, 0.5) is 0 Å². The number of methoxy groups -OCH3 is 2. The van der Waals surface area contributed by atoms with Gasteiger partial charge in [0.25, 0.3) is 0 Å². The Balaban J connectivity index is 1.62. The van der Waals surface area contributed by atoms with E-state index in [1.807, 2.05) is 12.1 Å². The van der Waals surface area contributed by atoms with E-state index in [-0.39, 0.29) is 23.9 Å². The van der Waals surface area contributed by atoms with Gasteiger partial charge in [0.15, 0.2) is 0 Å². The first kappa shape index (κ1) is 23.8. The first-order valence-electron chi connectivity index (χ1n) is 10.5. The minimum Gasteiger partial charge on any atom is -0.497 e. The summed E-state index contributed by atoms with van der Waals surface area (Å²) in [6.07, 6.45) is 3.19. The second-order valence-corrected chi connectivity index (χ2v) is 9.87. The molecule has 2 aromatic carbocycles. The lowest BCUT2D eigenvalue weighted by Gasteiger charge is -2.33. The number of carbonyl (C=O) groups is 1. The predicted octanol–water partition coefficient (Wildman–Crippen LogP) is 3.37. The number of rotatable bonds is 7. The number of piperazine rings is 1. The van der Waals surface area contributed by atoms with E-state index in [2.05, 4.69) is 13.8 Å². The van der Waals surface area contributed by atoms with Crippen molar-refractivity contribution in [2.45, 2.75) is 24.7 Å². The van der Waals surface area contributed by atoms with Crippen molar-refractivity contribution in [1.29, 1.82) is 0 Å². The molecule has 7 nitrogen and oxygen atoms in total. The fourth-order valence-electron chi connectivity index (χ4n) is 3.52. The summed E-state index contributed by atoms with van der Waals surface area (Å²) in [4.78, 5) is 14.6. The molecule has 0 bridgehead atoms. The number of amides is 1. The van der Waals surface area contributed by atoms with Crippen LogP contribution in [0.3, 0.4) is 0 Å². The third kappa shape index (κ3) is 5.49. The molecule has 0 aliphatic carbocycles. The summed E-state index contributed by atoms with van der Waals surface area (Å²) in [5.41, 5.74) is 1.88. The van der Waals surface area contributed by atoms with Crippen LogP contribution in [0.25, 0.3) is 6.08 Å². The number of ether oxygens (including phenoxy) is 2. The van der Waals surface area contributed by atoms with Crippen LogP contribution in [0.5, 0.6) is 11.5 Å². The Morgan fingerprint density at radius 3 is 2.00 bits per heavy atom. The van der Waals surface area contributed by atoms with Gasteiger partial charge in [0, 0.05) is 38.3 Å². The molecule has 1 aliphatic heterocycles. The molecule has 1 saturated heterocycles. The molecule has 3 rings (SSSR count). The lowest BCUT2D eigenvalue weighted by atomic mass is 10.0. The van der Waals surface area contributed by atoms with Crippen LogP contribution < -0.4 is 9.47 Å². The summed E-state index contributed by atoms with van der Waals surface area (Å²) < 4.78 is 37.9. The number of nitrogens with zero attached hydrogens (tertiary/aromatic N) is 2. The van der Waals surface area contributed by atoms with Crippen molar-refractivity contribution in [1.82, 2.24) is 9.21 Å². The maximum Gasteiger partial charge on any atom is 0.246 e. The Morgan fingerprint density at radius 1 is 0.938 bits per heavy atom. The van der Waals surface area contributed by atoms with Crippen molar-refractivity contribution in [2.24, 2.45) is 0 Å². The van der Waals surface area contributed by atoms with Crippen LogP contribution >= 0.6 is 0 Å². The van der Waals surface area contributed by atoms with E-state index in [1.54, 1.807) is 55.5 Å². The zero-order valence-electron chi connectivity index (χ0n) is 18.9. The highest BCUT2D eigenvalue weighted by Crippen LogP contribution is 2.24. The Labute approximate surface area is 190 Å². The molecule has 0 unspecified atom stereocenters. The highest BCUT2D eigenvalue weighted by molar-refractivity contribution is 7.89. The molecule has 0 atom stereocenters. The fraction of sp³-hybridized carbons (Fsp3) is 0.375. The Morgan fingerprint density at radius 2 is 1.50 bits per heavy atom. The fourth-order valence-corrected chi connectivity index (χ4v) is 4.94. The average Bonchev–Trinajstić information content (AvgIpc) is 2.82. The third-order valence-corrected chi connectivity index (χ3v) is 7.44. The Hall–Kier alpha value is -2.84. The maximum atomic E-state index is 13.0. The molecular formula is C24H30N2O5S. The van der Waals surface area contributed by atoms with Gasteiger partial charge in [0.05, 0.1) is 19.1 Å². The molecule has 0 saturated carbocycles. The largest absolute Gasteiger partial charge is 0.497 e. The van der Waals surface area contributed by atoms with Crippen LogP contribution in [0, 0.1) is 0 Å². The van der Waals surface area contributed by atoms with Crippen molar-refractivity contribution < 1.29 is 22.7 Å². The molecule has 1 heterocycles. The van der Waals surface area contributed by atoms with E-state index in [1.165, 1.54) is 10.4 Å². The standard InChI is InChI=1S/C24H30N2O5S/c1-18(2)20-6-8-23(9-7-20)32(28,29)26-13-11-25(12-14-26)24(27)10-5-19-15-21(30-3)17-22(16-19)31-4/h5-10,15-18H,11-14H2,1-4H3. The van der Waals surface area contributed by atoms with Crippen LogP contribution in [0.15, 0.2) is 53.4 Å². The van der Waals surface area contributed by atoms with E-state index < -0.39 is 10.0 Å². The van der Waals surface area contributed by atoms with Gasteiger partial charge in [-0.3, -0.25) is 4.79 Å².